The summed E-state index contributed by atoms with van der Waals surface area (Å²) in [6.07, 6.45) is 7.69. The molecule has 0 aromatic rings. The lowest BCUT2D eigenvalue weighted by atomic mass is 10.2. The number of aliphatic imine (C=N–C) groups is 1. The first-order valence-electron chi connectivity index (χ1n) is 3.42. The fourth-order valence-corrected chi connectivity index (χ4v) is 0.708. The highest BCUT2D eigenvalue weighted by atomic mass is 14.7. The molecule has 0 saturated heterocycles. The van der Waals surface area contributed by atoms with Crippen molar-refractivity contribution >= 4 is 6.21 Å². The van der Waals surface area contributed by atoms with Crippen LogP contribution in [0.25, 0.3) is 0 Å². The number of allylic oxidation sites excluding steroid dienone is 2. The van der Waals surface area contributed by atoms with Gasteiger partial charge in [-0.2, -0.15) is 0 Å². The first-order chi connectivity index (χ1) is 4.79. The third-order valence-corrected chi connectivity index (χ3v) is 1.27. The Bertz CT molecular complexity index is 227. The lowest BCUT2D eigenvalue weighted by Gasteiger charge is -1.95. The van der Waals surface area contributed by atoms with Crippen LogP contribution in [0.15, 0.2) is 34.6 Å². The summed E-state index contributed by atoms with van der Waals surface area (Å²) in [5.74, 6) is 0.403. The maximum Gasteiger partial charge on any atom is 0.0299 e. The second-order valence-electron chi connectivity index (χ2n) is 2.51. The SMILES string of the molecule is C/C1=C/N=CC(C)C=C=C1. The van der Waals surface area contributed by atoms with E-state index < -0.39 is 0 Å². The van der Waals surface area contributed by atoms with Gasteiger partial charge in [0.15, 0.2) is 0 Å². The van der Waals surface area contributed by atoms with E-state index in [1.165, 1.54) is 0 Å². The molecule has 0 amide bonds. The molecule has 1 rings (SSSR count). The smallest absolute Gasteiger partial charge is 0.0299 e. The molecule has 0 aliphatic carbocycles. The van der Waals surface area contributed by atoms with Gasteiger partial charge in [-0.25, -0.2) is 0 Å². The van der Waals surface area contributed by atoms with Crippen molar-refractivity contribution in [3.8, 4) is 0 Å². The lowest BCUT2D eigenvalue weighted by molar-refractivity contribution is 1.02. The molecule has 0 N–H and O–H groups in total. The molecule has 0 radical (unpaired) electrons. The van der Waals surface area contributed by atoms with Crippen molar-refractivity contribution in [1.82, 2.24) is 0 Å². The van der Waals surface area contributed by atoms with Gasteiger partial charge < -0.3 is 0 Å². The van der Waals surface area contributed by atoms with Crippen LogP contribution in [0, 0.1) is 5.92 Å². The Balaban J connectivity index is 2.86. The van der Waals surface area contributed by atoms with E-state index in [4.69, 9.17) is 0 Å². The van der Waals surface area contributed by atoms with Crippen LogP contribution in [0.4, 0.5) is 0 Å². The predicted molar refractivity (Wildman–Crippen MR) is 44.1 cm³/mol. The van der Waals surface area contributed by atoms with Crippen molar-refractivity contribution in [3.63, 3.8) is 0 Å². The number of hydrogen-bond donors (Lipinski definition) is 0. The van der Waals surface area contributed by atoms with Crippen LogP contribution in [0.2, 0.25) is 0 Å². The number of nitrogens with zero attached hydrogens (tertiary/aromatic N) is 1. The van der Waals surface area contributed by atoms with Crippen LogP contribution < -0.4 is 0 Å². The molecule has 1 heteroatoms. The van der Waals surface area contributed by atoms with E-state index in [1.807, 2.05) is 31.5 Å². The molecule has 1 aliphatic rings. The molecule has 1 heterocycles. The van der Waals surface area contributed by atoms with E-state index in [2.05, 4.69) is 17.6 Å². The van der Waals surface area contributed by atoms with Crippen molar-refractivity contribution in [2.75, 3.05) is 0 Å². The molecule has 1 nitrogen and oxygen atoms in total. The number of rotatable bonds is 0. The molecule has 0 bridgehead atoms. The van der Waals surface area contributed by atoms with E-state index in [-0.39, 0.29) is 0 Å². The van der Waals surface area contributed by atoms with E-state index in [9.17, 15) is 0 Å². The monoisotopic (exact) mass is 133 g/mol. The van der Waals surface area contributed by atoms with Gasteiger partial charge in [-0.3, -0.25) is 4.99 Å². The molecule has 10 heavy (non-hydrogen) atoms. The number of hydrogen-bond acceptors (Lipinski definition) is 1. The highest BCUT2D eigenvalue weighted by molar-refractivity contribution is 5.63. The van der Waals surface area contributed by atoms with Gasteiger partial charge in [-0.05, 0) is 24.6 Å². The van der Waals surface area contributed by atoms with Crippen molar-refractivity contribution in [1.29, 1.82) is 0 Å². The third-order valence-electron chi connectivity index (χ3n) is 1.27. The molecule has 0 spiro atoms. The third kappa shape index (κ3) is 2.04. The highest BCUT2D eigenvalue weighted by Crippen LogP contribution is 1.99. The Morgan fingerprint density at radius 1 is 1.60 bits per heavy atom. The first kappa shape index (κ1) is 7.04. The van der Waals surface area contributed by atoms with E-state index in [1.54, 1.807) is 0 Å². The Morgan fingerprint density at radius 2 is 2.40 bits per heavy atom. The van der Waals surface area contributed by atoms with Gasteiger partial charge in [0, 0.05) is 18.3 Å². The molecule has 1 aliphatic heterocycles. The van der Waals surface area contributed by atoms with Gasteiger partial charge in [0.05, 0.1) is 0 Å². The van der Waals surface area contributed by atoms with Crippen LogP contribution in [-0.2, 0) is 0 Å². The molecule has 52 valence electrons. The summed E-state index contributed by atoms with van der Waals surface area (Å²) in [4.78, 5) is 4.10. The van der Waals surface area contributed by atoms with Crippen molar-refractivity contribution < 1.29 is 0 Å². The lowest BCUT2D eigenvalue weighted by Crippen LogP contribution is -1.89. The van der Waals surface area contributed by atoms with Crippen molar-refractivity contribution in [3.05, 3.63) is 29.7 Å². The van der Waals surface area contributed by atoms with Gasteiger partial charge >= 0.3 is 0 Å². The molecule has 0 fully saturated rings. The van der Waals surface area contributed by atoms with Crippen LogP contribution in [0.3, 0.4) is 0 Å². The minimum absolute atomic E-state index is 0.403. The van der Waals surface area contributed by atoms with Gasteiger partial charge in [0.2, 0.25) is 0 Å². The summed E-state index contributed by atoms with van der Waals surface area (Å²) in [5, 5.41) is 0. The minimum Gasteiger partial charge on any atom is -0.268 e. The average molecular weight is 133 g/mol. The van der Waals surface area contributed by atoms with Gasteiger partial charge in [0.25, 0.3) is 0 Å². The topological polar surface area (TPSA) is 12.4 Å². The summed E-state index contributed by atoms with van der Waals surface area (Å²) in [7, 11) is 0. The van der Waals surface area contributed by atoms with Crippen LogP contribution in [0.5, 0.6) is 0 Å². The molecule has 0 saturated carbocycles. The van der Waals surface area contributed by atoms with Crippen LogP contribution in [-0.4, -0.2) is 6.21 Å². The van der Waals surface area contributed by atoms with Gasteiger partial charge in [-0.15, -0.1) is 5.73 Å². The van der Waals surface area contributed by atoms with E-state index in [0.717, 1.165) is 5.57 Å². The minimum atomic E-state index is 0.403. The highest BCUT2D eigenvalue weighted by Gasteiger charge is 1.89. The fraction of sp³-hybridized carbons (Fsp3) is 0.333. The van der Waals surface area contributed by atoms with Crippen molar-refractivity contribution in [2.24, 2.45) is 10.9 Å². The summed E-state index contributed by atoms with van der Waals surface area (Å²) < 4.78 is 0. The van der Waals surface area contributed by atoms with Crippen LogP contribution >= 0.6 is 0 Å². The normalized spacial score (nSPS) is 29.0. The second-order valence-corrected chi connectivity index (χ2v) is 2.51. The summed E-state index contributed by atoms with van der Waals surface area (Å²) in [5.41, 5.74) is 4.22. The standard InChI is InChI=1S/C9H11N/c1-8-4-3-5-9(2)7-10-6-8/h4-8H,1-2H3/b9-7-,10-6?. The maximum absolute atomic E-state index is 4.10. The fourth-order valence-electron chi connectivity index (χ4n) is 0.708. The van der Waals surface area contributed by atoms with Crippen LogP contribution in [0.1, 0.15) is 13.8 Å². The Kier molecular flexibility index (Phi) is 2.24. The largest absolute Gasteiger partial charge is 0.268 e. The van der Waals surface area contributed by atoms with Gasteiger partial charge in [-0.1, -0.05) is 6.92 Å². The predicted octanol–water partition coefficient (Wildman–Crippen LogP) is 2.32. The first-order valence-corrected chi connectivity index (χ1v) is 3.42. The summed E-state index contributed by atoms with van der Waals surface area (Å²) in [6, 6.07) is 0. The zero-order valence-electron chi connectivity index (χ0n) is 6.33. The zero-order chi connectivity index (χ0) is 7.40. The quantitative estimate of drug-likeness (QED) is 0.450. The maximum atomic E-state index is 4.10. The zero-order valence-corrected chi connectivity index (χ0v) is 6.33. The second kappa shape index (κ2) is 3.19. The molecule has 1 unspecified atom stereocenters. The molecule has 0 aromatic carbocycles. The van der Waals surface area contributed by atoms with E-state index >= 15 is 0 Å². The van der Waals surface area contributed by atoms with E-state index in [0.29, 0.717) is 5.92 Å². The Labute approximate surface area is 61.5 Å². The van der Waals surface area contributed by atoms with Gasteiger partial charge in [0.1, 0.15) is 0 Å². The van der Waals surface area contributed by atoms with Crippen molar-refractivity contribution in [2.45, 2.75) is 13.8 Å². The molecule has 0 aromatic heterocycles. The Hall–Kier alpha value is -1.07. The Morgan fingerprint density at radius 3 is 3.20 bits per heavy atom. The molecule has 1 atom stereocenters. The summed E-state index contributed by atoms with van der Waals surface area (Å²) in [6.45, 7) is 4.09. The average Bonchev–Trinajstić information content (AvgIpc) is 1.84. The summed E-state index contributed by atoms with van der Waals surface area (Å²) >= 11 is 0. The molecular formula is C9H11N. The molecular weight excluding hydrogens is 122 g/mol.